The zero-order valence-corrected chi connectivity index (χ0v) is 24.4. The van der Waals surface area contributed by atoms with Crippen LogP contribution < -0.4 is 10.6 Å². The second kappa shape index (κ2) is 12.6. The zero-order valence-electron chi connectivity index (χ0n) is 24.4. The molecule has 0 saturated heterocycles. The fourth-order valence-electron chi connectivity index (χ4n) is 4.94. The minimum absolute atomic E-state index is 0.0281. The monoisotopic (exact) mass is 581 g/mol. The van der Waals surface area contributed by atoms with Crippen LogP contribution >= 0.6 is 0 Å². The van der Waals surface area contributed by atoms with Gasteiger partial charge >= 0.3 is 0 Å². The highest BCUT2D eigenvalue weighted by Gasteiger charge is 2.18. The van der Waals surface area contributed by atoms with Crippen LogP contribution in [0.25, 0.3) is 28.3 Å². The van der Waals surface area contributed by atoms with Crippen molar-refractivity contribution in [3.63, 3.8) is 0 Å². The Labute approximate surface area is 255 Å². The maximum atomic E-state index is 12.8. The van der Waals surface area contributed by atoms with Crippen LogP contribution in [0.15, 0.2) is 116 Å². The summed E-state index contributed by atoms with van der Waals surface area (Å²) in [5.74, 6) is 0.350. The number of anilines is 3. The van der Waals surface area contributed by atoms with Crippen LogP contribution in [-0.2, 0) is 22.4 Å². The number of likely N-dealkylation sites (N-methyl/N-ethyl adjacent to an activating group) is 1. The summed E-state index contributed by atoms with van der Waals surface area (Å²) in [5.41, 5.74) is 7.11. The molecule has 0 spiro atoms. The molecule has 44 heavy (non-hydrogen) atoms. The molecule has 6 aromatic rings. The number of pyridine rings is 1. The number of carbonyl (C=O) groups excluding carboxylic acids is 2. The first-order valence-corrected chi connectivity index (χ1v) is 14.2. The summed E-state index contributed by atoms with van der Waals surface area (Å²) in [4.78, 5) is 40.8. The Morgan fingerprint density at radius 2 is 1.55 bits per heavy atom. The molecule has 9 nitrogen and oxygen atoms in total. The summed E-state index contributed by atoms with van der Waals surface area (Å²) in [6, 6.07) is 32.7. The number of imidazole rings is 1. The van der Waals surface area contributed by atoms with E-state index in [4.69, 9.17) is 9.97 Å². The van der Waals surface area contributed by atoms with Crippen LogP contribution in [0.4, 0.5) is 17.3 Å². The molecular weight excluding hydrogens is 550 g/mol. The summed E-state index contributed by atoms with van der Waals surface area (Å²) < 4.78 is 2.00. The second-order valence-electron chi connectivity index (χ2n) is 10.6. The summed E-state index contributed by atoms with van der Waals surface area (Å²) in [6.45, 7) is 0. The molecular formula is C35H31N7O2. The van der Waals surface area contributed by atoms with Crippen molar-refractivity contribution in [1.82, 2.24) is 24.3 Å². The van der Waals surface area contributed by atoms with Gasteiger partial charge in [-0.25, -0.2) is 15.0 Å². The Hall–Kier alpha value is -5.83. The van der Waals surface area contributed by atoms with Crippen molar-refractivity contribution in [2.75, 3.05) is 24.7 Å². The van der Waals surface area contributed by atoms with Crippen LogP contribution in [-0.4, -0.2) is 50.2 Å². The van der Waals surface area contributed by atoms with Gasteiger partial charge in [0.2, 0.25) is 17.8 Å². The van der Waals surface area contributed by atoms with Crippen molar-refractivity contribution in [2.24, 2.45) is 0 Å². The van der Waals surface area contributed by atoms with E-state index in [1.807, 2.05) is 114 Å². The van der Waals surface area contributed by atoms with Gasteiger partial charge in [0.25, 0.3) is 0 Å². The third kappa shape index (κ3) is 6.47. The van der Waals surface area contributed by atoms with E-state index >= 15 is 0 Å². The Morgan fingerprint density at radius 1 is 0.773 bits per heavy atom. The molecule has 0 bridgehead atoms. The quantitative estimate of drug-likeness (QED) is 0.217. The van der Waals surface area contributed by atoms with Gasteiger partial charge in [0.05, 0.1) is 29.9 Å². The molecule has 0 atom stereocenters. The number of carbonyl (C=O) groups is 2. The molecule has 3 aromatic heterocycles. The van der Waals surface area contributed by atoms with E-state index in [1.165, 1.54) is 0 Å². The smallest absolute Gasteiger partial charge is 0.228 e. The minimum atomic E-state index is -0.0924. The van der Waals surface area contributed by atoms with E-state index in [0.29, 0.717) is 23.8 Å². The average molecular weight is 582 g/mol. The van der Waals surface area contributed by atoms with Gasteiger partial charge in [-0.15, -0.1) is 0 Å². The lowest BCUT2D eigenvalue weighted by Gasteiger charge is -2.12. The number of nitrogens with one attached hydrogen (secondary N) is 2. The van der Waals surface area contributed by atoms with E-state index in [2.05, 4.69) is 15.6 Å². The van der Waals surface area contributed by atoms with Crippen LogP contribution in [0, 0.1) is 0 Å². The molecule has 2 N–H and O–H groups in total. The number of hydrogen-bond donors (Lipinski definition) is 2. The van der Waals surface area contributed by atoms with Crippen LogP contribution in [0.1, 0.15) is 11.1 Å². The van der Waals surface area contributed by atoms with Crippen LogP contribution in [0.3, 0.4) is 0 Å². The number of fused-ring (bicyclic) bond motifs is 1. The van der Waals surface area contributed by atoms with E-state index in [-0.39, 0.29) is 18.2 Å². The molecule has 0 saturated carbocycles. The van der Waals surface area contributed by atoms with E-state index < -0.39 is 0 Å². The lowest BCUT2D eigenvalue weighted by molar-refractivity contribution is -0.128. The third-order valence-corrected chi connectivity index (χ3v) is 7.09. The predicted octanol–water partition coefficient (Wildman–Crippen LogP) is 6.01. The number of benzene rings is 3. The fourth-order valence-corrected chi connectivity index (χ4v) is 4.94. The topological polar surface area (TPSA) is 105 Å². The largest absolute Gasteiger partial charge is 0.349 e. The second-order valence-corrected chi connectivity index (χ2v) is 10.6. The number of nitrogens with zero attached hydrogens (tertiary/aromatic N) is 5. The van der Waals surface area contributed by atoms with Crippen molar-refractivity contribution in [3.8, 4) is 22.6 Å². The zero-order chi connectivity index (χ0) is 30.5. The summed E-state index contributed by atoms with van der Waals surface area (Å²) >= 11 is 0. The summed E-state index contributed by atoms with van der Waals surface area (Å²) in [5, 5.41) is 6.30. The molecule has 0 radical (unpaired) electrons. The van der Waals surface area contributed by atoms with Crippen molar-refractivity contribution in [1.29, 1.82) is 0 Å². The first-order chi connectivity index (χ1) is 21.4. The first-order valence-electron chi connectivity index (χ1n) is 14.2. The summed E-state index contributed by atoms with van der Waals surface area (Å²) in [7, 11) is 3.49. The van der Waals surface area contributed by atoms with Gasteiger partial charge in [0.15, 0.2) is 0 Å². The van der Waals surface area contributed by atoms with Gasteiger partial charge in [-0.1, -0.05) is 60.7 Å². The number of aromatic nitrogens is 4. The van der Waals surface area contributed by atoms with Gasteiger partial charge < -0.3 is 15.5 Å². The van der Waals surface area contributed by atoms with E-state index in [1.54, 1.807) is 25.2 Å². The highest BCUT2D eigenvalue weighted by Crippen LogP contribution is 2.33. The van der Waals surface area contributed by atoms with Crippen molar-refractivity contribution in [2.45, 2.75) is 12.8 Å². The Kier molecular flexibility index (Phi) is 8.09. The minimum Gasteiger partial charge on any atom is -0.349 e. The molecule has 3 heterocycles. The SMILES string of the molecule is CN(C)C(=O)Cc1cccc(Nc2nccc(-c3c(-c4cccc(NC(=O)Cc5ccccc5)c4)nc4ccccn34)n2)c1. The van der Waals surface area contributed by atoms with Gasteiger partial charge in [0, 0.05) is 43.4 Å². The molecule has 2 amide bonds. The molecule has 0 aliphatic carbocycles. The van der Waals surface area contributed by atoms with Gasteiger partial charge in [-0.05, 0) is 53.6 Å². The summed E-state index contributed by atoms with van der Waals surface area (Å²) in [6.07, 6.45) is 4.25. The Balaban J connectivity index is 1.30. The third-order valence-electron chi connectivity index (χ3n) is 7.09. The number of hydrogen-bond acceptors (Lipinski definition) is 6. The lowest BCUT2D eigenvalue weighted by Crippen LogP contribution is -2.23. The maximum absolute atomic E-state index is 12.8. The molecule has 0 aliphatic heterocycles. The number of rotatable bonds is 9. The van der Waals surface area contributed by atoms with E-state index in [0.717, 1.165) is 39.4 Å². The molecule has 9 heteroatoms. The van der Waals surface area contributed by atoms with Crippen molar-refractivity contribution >= 4 is 34.8 Å². The normalized spacial score (nSPS) is 10.9. The molecule has 0 fully saturated rings. The first kappa shape index (κ1) is 28.3. The highest BCUT2D eigenvalue weighted by molar-refractivity contribution is 5.93. The number of amides is 2. The molecule has 0 unspecified atom stereocenters. The van der Waals surface area contributed by atoms with E-state index in [9.17, 15) is 9.59 Å². The molecule has 6 rings (SSSR count). The van der Waals surface area contributed by atoms with Crippen molar-refractivity contribution < 1.29 is 9.59 Å². The van der Waals surface area contributed by atoms with Crippen molar-refractivity contribution in [3.05, 3.63) is 127 Å². The lowest BCUT2D eigenvalue weighted by atomic mass is 10.1. The fraction of sp³-hybridized carbons (Fsp3) is 0.114. The Morgan fingerprint density at radius 3 is 2.39 bits per heavy atom. The Bertz CT molecular complexity index is 1950. The highest BCUT2D eigenvalue weighted by atomic mass is 16.2. The maximum Gasteiger partial charge on any atom is 0.228 e. The molecule has 218 valence electrons. The predicted molar refractivity (Wildman–Crippen MR) is 173 cm³/mol. The van der Waals surface area contributed by atoms with Gasteiger partial charge in [0.1, 0.15) is 5.65 Å². The van der Waals surface area contributed by atoms with Crippen LogP contribution in [0.2, 0.25) is 0 Å². The van der Waals surface area contributed by atoms with Gasteiger partial charge in [-0.3, -0.25) is 14.0 Å². The standard InChI is InChI=1S/C35H31N7O2/c1-41(2)32(44)22-25-12-8-14-27(20-25)38-35-36-18-17-29(39-35)34-33(40-30-16-6-7-19-42(30)34)26-13-9-15-28(23-26)37-31(43)21-24-10-4-3-5-11-24/h3-20,23H,21-22H2,1-2H3,(H,37,43)(H,36,38,39). The average Bonchev–Trinajstić information content (AvgIpc) is 3.42. The molecule has 3 aromatic carbocycles. The van der Waals surface area contributed by atoms with Gasteiger partial charge in [-0.2, -0.15) is 0 Å². The van der Waals surface area contributed by atoms with Crippen LogP contribution in [0.5, 0.6) is 0 Å². The molecule has 0 aliphatic rings.